The van der Waals surface area contributed by atoms with Crippen LogP contribution >= 0.6 is 23.8 Å². The maximum Gasteiger partial charge on any atom is 0.150 e. The van der Waals surface area contributed by atoms with E-state index < -0.39 is 0 Å². The van der Waals surface area contributed by atoms with Gasteiger partial charge >= 0.3 is 0 Å². The normalized spacial score (nSPS) is 15.4. The molecule has 1 aliphatic carbocycles. The van der Waals surface area contributed by atoms with Gasteiger partial charge in [0.15, 0.2) is 0 Å². The van der Waals surface area contributed by atoms with Crippen LogP contribution in [0.15, 0.2) is 30.3 Å². The number of nitrogens with zero attached hydrogens (tertiary/aromatic N) is 1. The third-order valence-electron chi connectivity index (χ3n) is 3.55. The van der Waals surface area contributed by atoms with E-state index in [-0.39, 0.29) is 0 Å². The second kappa shape index (κ2) is 4.82. The van der Waals surface area contributed by atoms with Crippen LogP contribution in [0.2, 0.25) is 5.15 Å². The summed E-state index contributed by atoms with van der Waals surface area (Å²) in [6, 6.07) is 10.4. The highest BCUT2D eigenvalue weighted by Gasteiger charge is 2.19. The molecule has 0 radical (unpaired) electrons. The Balaban J connectivity index is 2.05. The topological polar surface area (TPSA) is 28.7 Å². The van der Waals surface area contributed by atoms with Gasteiger partial charge in [-0.3, -0.25) is 5.10 Å². The zero-order valence-corrected chi connectivity index (χ0v) is 11.4. The lowest BCUT2D eigenvalue weighted by atomic mass is 9.79. The average molecular weight is 277 g/mol. The molecule has 0 spiro atoms. The van der Waals surface area contributed by atoms with Crippen molar-refractivity contribution in [3.05, 3.63) is 45.7 Å². The van der Waals surface area contributed by atoms with Crippen molar-refractivity contribution in [1.82, 2.24) is 10.2 Å². The molecule has 18 heavy (non-hydrogen) atoms. The van der Waals surface area contributed by atoms with E-state index in [2.05, 4.69) is 34.5 Å². The fraction of sp³-hybridized carbons (Fsp3) is 0.286. The molecule has 1 heterocycles. The van der Waals surface area contributed by atoms with Crippen LogP contribution in [-0.4, -0.2) is 10.2 Å². The predicted octanol–water partition coefficient (Wildman–Crippen LogP) is 4.73. The second-order valence-corrected chi connectivity index (χ2v) is 5.48. The number of benzene rings is 1. The molecular formula is C14H13ClN2S. The number of rotatable bonds is 2. The number of halogens is 1. The number of H-pyrrole nitrogens is 1. The van der Waals surface area contributed by atoms with Crippen LogP contribution in [0.1, 0.15) is 30.7 Å². The summed E-state index contributed by atoms with van der Waals surface area (Å²) < 4.78 is 0.630. The van der Waals surface area contributed by atoms with Gasteiger partial charge in [-0.1, -0.05) is 54.5 Å². The van der Waals surface area contributed by atoms with Gasteiger partial charge in [0.05, 0.1) is 0 Å². The molecule has 1 aromatic carbocycles. The van der Waals surface area contributed by atoms with E-state index in [1.54, 1.807) is 0 Å². The van der Waals surface area contributed by atoms with Crippen LogP contribution in [0.4, 0.5) is 0 Å². The molecule has 4 heteroatoms. The Labute approximate surface area is 116 Å². The molecule has 1 aromatic heterocycles. The second-order valence-electron chi connectivity index (χ2n) is 4.69. The molecule has 2 nitrogen and oxygen atoms in total. The van der Waals surface area contributed by atoms with Crippen LogP contribution in [0.25, 0.3) is 11.1 Å². The molecule has 0 amide bonds. The molecule has 92 valence electrons. The first-order valence-electron chi connectivity index (χ1n) is 6.09. The molecule has 1 saturated carbocycles. The van der Waals surface area contributed by atoms with Crippen molar-refractivity contribution < 1.29 is 0 Å². The van der Waals surface area contributed by atoms with Crippen molar-refractivity contribution in [2.24, 2.45) is 0 Å². The smallest absolute Gasteiger partial charge is 0.150 e. The summed E-state index contributed by atoms with van der Waals surface area (Å²) in [6.07, 6.45) is 3.94. The van der Waals surface area contributed by atoms with Gasteiger partial charge in [-0.25, -0.2) is 0 Å². The van der Waals surface area contributed by atoms with Gasteiger partial charge in [0.1, 0.15) is 9.79 Å². The lowest BCUT2D eigenvalue weighted by molar-refractivity contribution is 0.420. The van der Waals surface area contributed by atoms with E-state index in [0.29, 0.717) is 9.79 Å². The van der Waals surface area contributed by atoms with E-state index >= 15 is 0 Å². The molecule has 1 aliphatic rings. The quantitative estimate of drug-likeness (QED) is 0.804. The maximum atomic E-state index is 5.92. The van der Waals surface area contributed by atoms with Crippen molar-refractivity contribution in [3.63, 3.8) is 0 Å². The van der Waals surface area contributed by atoms with E-state index in [0.717, 1.165) is 17.0 Å². The molecule has 1 fully saturated rings. The fourth-order valence-corrected chi connectivity index (χ4v) is 2.67. The summed E-state index contributed by atoms with van der Waals surface area (Å²) in [4.78, 5) is 0. The number of aromatic nitrogens is 2. The van der Waals surface area contributed by atoms with E-state index in [4.69, 9.17) is 23.8 Å². The van der Waals surface area contributed by atoms with Crippen LogP contribution in [0.3, 0.4) is 0 Å². The van der Waals surface area contributed by atoms with Gasteiger partial charge < -0.3 is 0 Å². The largest absolute Gasteiger partial charge is 0.266 e. The van der Waals surface area contributed by atoms with Crippen LogP contribution in [-0.2, 0) is 0 Å². The Morgan fingerprint density at radius 1 is 1.28 bits per heavy atom. The fourth-order valence-electron chi connectivity index (χ4n) is 2.30. The highest BCUT2D eigenvalue weighted by molar-refractivity contribution is 7.71. The summed E-state index contributed by atoms with van der Waals surface area (Å²) in [6.45, 7) is 0. The molecule has 1 N–H and O–H groups in total. The van der Waals surface area contributed by atoms with Crippen LogP contribution in [0.5, 0.6) is 0 Å². The third kappa shape index (κ3) is 2.20. The lowest BCUT2D eigenvalue weighted by Crippen LogP contribution is -2.08. The summed E-state index contributed by atoms with van der Waals surface area (Å²) in [5.74, 6) is 0.722. The molecule has 3 rings (SSSR count). The summed E-state index contributed by atoms with van der Waals surface area (Å²) in [7, 11) is 0. The molecule has 0 saturated heterocycles. The Morgan fingerprint density at radius 2 is 2.11 bits per heavy atom. The minimum Gasteiger partial charge on any atom is -0.266 e. The first-order chi connectivity index (χ1) is 8.74. The molecule has 0 unspecified atom stereocenters. The Kier molecular flexibility index (Phi) is 3.18. The van der Waals surface area contributed by atoms with Crippen LogP contribution in [0, 0.1) is 4.64 Å². The Hall–Kier alpha value is -1.19. The number of hydrogen-bond donors (Lipinski definition) is 1. The molecule has 0 atom stereocenters. The van der Waals surface area contributed by atoms with Crippen molar-refractivity contribution in [1.29, 1.82) is 0 Å². The molecule has 0 bridgehead atoms. The Morgan fingerprint density at radius 3 is 2.83 bits per heavy atom. The van der Waals surface area contributed by atoms with Crippen molar-refractivity contribution >= 4 is 23.8 Å². The van der Waals surface area contributed by atoms with Crippen LogP contribution < -0.4 is 0 Å². The first-order valence-corrected chi connectivity index (χ1v) is 6.88. The molecule has 0 aliphatic heterocycles. The van der Waals surface area contributed by atoms with Gasteiger partial charge in [-0.2, -0.15) is 5.10 Å². The van der Waals surface area contributed by atoms with Crippen molar-refractivity contribution in [3.8, 4) is 11.1 Å². The number of aromatic amines is 1. The maximum absolute atomic E-state index is 5.92. The highest BCUT2D eigenvalue weighted by atomic mass is 35.5. The van der Waals surface area contributed by atoms with Gasteiger partial charge in [-0.05, 0) is 36.0 Å². The summed E-state index contributed by atoms with van der Waals surface area (Å²) >= 11 is 11.2. The third-order valence-corrected chi connectivity index (χ3v) is 4.05. The SMILES string of the molecule is S=c1[nH]nc(Cl)cc1-c1cccc(C2CCC2)c1. The van der Waals surface area contributed by atoms with Crippen molar-refractivity contribution in [2.45, 2.75) is 25.2 Å². The highest BCUT2D eigenvalue weighted by Crippen LogP contribution is 2.37. The minimum atomic E-state index is 0.438. The monoisotopic (exact) mass is 276 g/mol. The van der Waals surface area contributed by atoms with Gasteiger partial charge in [-0.15, -0.1) is 0 Å². The van der Waals surface area contributed by atoms with Gasteiger partial charge in [0, 0.05) is 5.56 Å². The number of hydrogen-bond acceptors (Lipinski definition) is 2. The van der Waals surface area contributed by atoms with Gasteiger partial charge in [0.2, 0.25) is 0 Å². The zero-order valence-electron chi connectivity index (χ0n) is 9.82. The minimum absolute atomic E-state index is 0.438. The lowest BCUT2D eigenvalue weighted by Gasteiger charge is -2.26. The molecular weight excluding hydrogens is 264 g/mol. The summed E-state index contributed by atoms with van der Waals surface area (Å²) in [5.41, 5.74) is 3.47. The summed E-state index contributed by atoms with van der Waals surface area (Å²) in [5, 5.41) is 7.10. The van der Waals surface area contributed by atoms with E-state index in [9.17, 15) is 0 Å². The van der Waals surface area contributed by atoms with Gasteiger partial charge in [0.25, 0.3) is 0 Å². The predicted molar refractivity (Wildman–Crippen MR) is 76.5 cm³/mol. The number of nitrogens with one attached hydrogen (secondary N) is 1. The van der Waals surface area contributed by atoms with E-state index in [1.807, 2.05) is 6.07 Å². The Bertz CT molecular complexity index is 632. The van der Waals surface area contributed by atoms with Crippen molar-refractivity contribution in [2.75, 3.05) is 0 Å². The standard InChI is InChI=1S/C14H13ClN2S/c15-13-8-12(14(18)17-16-13)11-6-2-5-10(7-11)9-3-1-4-9/h2,5-9H,1,3-4H2,(H,17,18). The molecule has 2 aromatic rings. The average Bonchev–Trinajstić information content (AvgIpc) is 2.30. The first kappa shape index (κ1) is 11.9. The van der Waals surface area contributed by atoms with E-state index in [1.165, 1.54) is 24.8 Å². The zero-order chi connectivity index (χ0) is 12.5.